The number of hydrogen-bond acceptors (Lipinski definition) is 4. The number of rotatable bonds is 4. The predicted octanol–water partition coefficient (Wildman–Crippen LogP) is 3.37. The molecule has 0 aliphatic carbocycles. The van der Waals surface area contributed by atoms with Crippen molar-refractivity contribution in [3.8, 4) is 0 Å². The van der Waals surface area contributed by atoms with E-state index in [1.54, 1.807) is 11.3 Å². The van der Waals surface area contributed by atoms with Crippen LogP contribution in [-0.2, 0) is 13.1 Å². The molecule has 0 saturated carbocycles. The number of fused-ring (bicyclic) bond motifs is 1. The van der Waals surface area contributed by atoms with Crippen molar-refractivity contribution in [1.82, 2.24) is 24.3 Å². The number of hydrogen-bond donors (Lipinski definition) is 0. The molecule has 1 unspecified atom stereocenters. The van der Waals surface area contributed by atoms with Crippen molar-refractivity contribution < 1.29 is 0 Å². The molecule has 0 radical (unpaired) electrons. The molecule has 0 aromatic carbocycles. The smallest absolute Gasteiger partial charge is 0.159 e. The number of aromatic nitrogens is 5. The number of halogens is 1. The van der Waals surface area contributed by atoms with Crippen molar-refractivity contribution >= 4 is 34.1 Å². The lowest BCUT2D eigenvalue weighted by Gasteiger charge is -2.10. The Bertz CT molecular complexity index is 726. The zero-order chi connectivity index (χ0) is 14.3. The first-order chi connectivity index (χ1) is 9.61. The molecule has 1 atom stereocenters. The number of alkyl halides is 1. The van der Waals surface area contributed by atoms with Crippen LogP contribution in [0, 0.1) is 6.92 Å². The summed E-state index contributed by atoms with van der Waals surface area (Å²) in [5, 5.41) is 7.41. The van der Waals surface area contributed by atoms with E-state index in [9.17, 15) is 0 Å². The van der Waals surface area contributed by atoms with Gasteiger partial charge in [-0.2, -0.15) is 5.10 Å². The van der Waals surface area contributed by atoms with Gasteiger partial charge in [-0.3, -0.25) is 0 Å². The lowest BCUT2D eigenvalue weighted by molar-refractivity contribution is 0.632. The number of aryl methyl sites for hydroxylation is 2. The largest absolute Gasteiger partial charge is 0.305 e. The summed E-state index contributed by atoms with van der Waals surface area (Å²) in [6, 6.07) is 0. The highest BCUT2D eigenvalue weighted by atomic mass is 35.5. The molecule has 0 bridgehead atoms. The fraction of sp³-hybridized carbons (Fsp3) is 0.462. The van der Waals surface area contributed by atoms with Gasteiger partial charge in [-0.15, -0.1) is 22.9 Å². The lowest BCUT2D eigenvalue weighted by atomic mass is 10.4. The van der Waals surface area contributed by atoms with E-state index < -0.39 is 0 Å². The Labute approximate surface area is 126 Å². The van der Waals surface area contributed by atoms with E-state index in [0.29, 0.717) is 6.54 Å². The molecule has 0 aliphatic heterocycles. The Balaban J connectivity index is 2.22. The van der Waals surface area contributed by atoms with Crippen molar-refractivity contribution in [2.75, 3.05) is 0 Å². The van der Waals surface area contributed by atoms with Gasteiger partial charge in [0.1, 0.15) is 16.3 Å². The van der Waals surface area contributed by atoms with Crippen molar-refractivity contribution in [3.63, 3.8) is 0 Å². The molecular weight excluding hydrogens is 294 g/mol. The average Bonchev–Trinajstić information content (AvgIpc) is 3.09. The Morgan fingerprint density at radius 1 is 1.45 bits per heavy atom. The zero-order valence-corrected chi connectivity index (χ0v) is 13.2. The molecule has 7 heteroatoms. The van der Waals surface area contributed by atoms with Crippen LogP contribution in [0.5, 0.6) is 0 Å². The maximum Gasteiger partial charge on any atom is 0.159 e. The molecule has 0 fully saturated rings. The molecule has 5 nitrogen and oxygen atoms in total. The SMILES string of the molecule is CCn1nc(C)c2nc(C(C)Cl)n(Cc3nccs3)c21. The molecule has 106 valence electrons. The van der Waals surface area contributed by atoms with Crippen LogP contribution < -0.4 is 0 Å². The van der Waals surface area contributed by atoms with Crippen LogP contribution >= 0.6 is 22.9 Å². The summed E-state index contributed by atoms with van der Waals surface area (Å²) in [5.41, 5.74) is 2.91. The third-order valence-electron chi connectivity index (χ3n) is 3.26. The van der Waals surface area contributed by atoms with Crippen molar-refractivity contribution in [3.05, 3.63) is 28.1 Å². The lowest BCUT2D eigenvalue weighted by Crippen LogP contribution is -2.10. The summed E-state index contributed by atoms with van der Waals surface area (Å²) < 4.78 is 4.11. The van der Waals surface area contributed by atoms with Gasteiger partial charge in [0.25, 0.3) is 0 Å². The molecule has 3 aromatic rings. The van der Waals surface area contributed by atoms with E-state index in [2.05, 4.69) is 26.6 Å². The summed E-state index contributed by atoms with van der Waals surface area (Å²) >= 11 is 7.93. The Morgan fingerprint density at radius 3 is 2.85 bits per heavy atom. The van der Waals surface area contributed by atoms with Gasteiger partial charge in [-0.05, 0) is 20.8 Å². The first kappa shape index (κ1) is 13.6. The first-order valence-corrected chi connectivity index (χ1v) is 7.89. The summed E-state index contributed by atoms with van der Waals surface area (Å²) in [5.74, 6) is 0.875. The second kappa shape index (κ2) is 5.18. The molecule has 0 aliphatic rings. The fourth-order valence-corrected chi connectivity index (χ4v) is 3.16. The van der Waals surface area contributed by atoms with Crippen molar-refractivity contribution in [2.45, 2.75) is 39.2 Å². The molecule has 3 aromatic heterocycles. The van der Waals surface area contributed by atoms with E-state index in [0.717, 1.165) is 34.2 Å². The molecule has 3 heterocycles. The quantitative estimate of drug-likeness (QED) is 0.694. The van der Waals surface area contributed by atoms with Crippen LogP contribution in [0.15, 0.2) is 11.6 Å². The second-order valence-electron chi connectivity index (χ2n) is 4.67. The second-order valence-corrected chi connectivity index (χ2v) is 6.31. The fourth-order valence-electron chi connectivity index (χ4n) is 2.39. The summed E-state index contributed by atoms with van der Waals surface area (Å²) in [6.07, 6.45) is 1.82. The van der Waals surface area contributed by atoms with Gasteiger partial charge in [-0.25, -0.2) is 14.6 Å². The van der Waals surface area contributed by atoms with Gasteiger partial charge >= 0.3 is 0 Å². The highest BCUT2D eigenvalue weighted by molar-refractivity contribution is 7.09. The van der Waals surface area contributed by atoms with Gasteiger partial charge in [0, 0.05) is 18.1 Å². The summed E-state index contributed by atoms with van der Waals surface area (Å²) in [4.78, 5) is 9.04. The predicted molar refractivity (Wildman–Crippen MR) is 81.4 cm³/mol. The minimum Gasteiger partial charge on any atom is -0.305 e. The number of thiazole rings is 1. The molecule has 0 saturated heterocycles. The van der Waals surface area contributed by atoms with E-state index in [1.165, 1.54) is 0 Å². The monoisotopic (exact) mass is 309 g/mol. The summed E-state index contributed by atoms with van der Waals surface area (Å²) in [7, 11) is 0. The minimum atomic E-state index is -0.146. The van der Waals surface area contributed by atoms with Crippen molar-refractivity contribution in [1.29, 1.82) is 0 Å². The van der Waals surface area contributed by atoms with Crippen LogP contribution in [0.3, 0.4) is 0 Å². The first-order valence-electron chi connectivity index (χ1n) is 6.57. The van der Waals surface area contributed by atoms with Gasteiger partial charge < -0.3 is 4.57 Å². The molecule has 0 amide bonds. The van der Waals surface area contributed by atoms with Gasteiger partial charge in [0.15, 0.2) is 5.65 Å². The van der Waals surface area contributed by atoms with E-state index in [4.69, 9.17) is 11.6 Å². The molecule has 20 heavy (non-hydrogen) atoms. The molecule has 0 spiro atoms. The normalized spacial score (nSPS) is 13.2. The molecular formula is C13H16ClN5S. The van der Waals surface area contributed by atoms with Crippen LogP contribution in [0.1, 0.15) is 35.8 Å². The third-order valence-corrected chi connectivity index (χ3v) is 4.22. The Morgan fingerprint density at radius 2 is 2.25 bits per heavy atom. The standard InChI is InChI=1S/C13H16ClN5S/c1-4-19-13-11(9(3)17-19)16-12(8(2)14)18(13)7-10-15-5-6-20-10/h5-6,8H,4,7H2,1-3H3. The maximum atomic E-state index is 6.29. The molecule has 0 N–H and O–H groups in total. The Kier molecular flexibility index (Phi) is 3.52. The van der Waals surface area contributed by atoms with E-state index in [1.807, 2.05) is 30.1 Å². The van der Waals surface area contributed by atoms with Gasteiger partial charge in [0.05, 0.1) is 17.6 Å². The van der Waals surface area contributed by atoms with Crippen LogP contribution in [0.2, 0.25) is 0 Å². The van der Waals surface area contributed by atoms with Gasteiger partial charge in [0.2, 0.25) is 0 Å². The third kappa shape index (κ3) is 2.13. The summed E-state index contributed by atoms with van der Waals surface area (Å²) in [6.45, 7) is 7.50. The van der Waals surface area contributed by atoms with Gasteiger partial charge in [-0.1, -0.05) is 0 Å². The minimum absolute atomic E-state index is 0.146. The van der Waals surface area contributed by atoms with Crippen LogP contribution in [0.4, 0.5) is 0 Å². The molecule has 3 rings (SSSR count). The average molecular weight is 310 g/mol. The van der Waals surface area contributed by atoms with Crippen LogP contribution in [-0.4, -0.2) is 24.3 Å². The highest BCUT2D eigenvalue weighted by Crippen LogP contribution is 2.27. The topological polar surface area (TPSA) is 48.5 Å². The maximum absolute atomic E-state index is 6.29. The van der Waals surface area contributed by atoms with Crippen molar-refractivity contribution in [2.24, 2.45) is 0 Å². The van der Waals surface area contributed by atoms with Crippen LogP contribution in [0.25, 0.3) is 11.2 Å². The van der Waals surface area contributed by atoms with E-state index >= 15 is 0 Å². The number of nitrogens with zero attached hydrogens (tertiary/aromatic N) is 5. The van der Waals surface area contributed by atoms with E-state index in [-0.39, 0.29) is 5.38 Å². The Hall–Kier alpha value is -1.40. The highest BCUT2D eigenvalue weighted by Gasteiger charge is 2.21. The number of imidazole rings is 1. The zero-order valence-electron chi connectivity index (χ0n) is 11.7.